The fourth-order valence-corrected chi connectivity index (χ4v) is 1.53. The van der Waals surface area contributed by atoms with Crippen LogP contribution >= 0.6 is 0 Å². The average Bonchev–Trinajstić information content (AvgIpc) is 2.31. The summed E-state index contributed by atoms with van der Waals surface area (Å²) in [6.45, 7) is 2.66. The van der Waals surface area contributed by atoms with E-state index in [0.717, 1.165) is 19.3 Å². The molecular formula is C13H17NO2. The van der Waals surface area contributed by atoms with Gasteiger partial charge < -0.3 is 5.32 Å². The first-order chi connectivity index (χ1) is 7.76. The molecule has 0 bridgehead atoms. The van der Waals surface area contributed by atoms with Crippen LogP contribution in [0.2, 0.25) is 0 Å². The lowest BCUT2D eigenvalue weighted by molar-refractivity contribution is -0.131. The summed E-state index contributed by atoms with van der Waals surface area (Å²) < 4.78 is 0. The molecule has 0 aliphatic heterocycles. The molecule has 1 N–H and O–H groups in total. The zero-order chi connectivity index (χ0) is 11.8. The van der Waals surface area contributed by atoms with E-state index >= 15 is 0 Å². The third-order valence-corrected chi connectivity index (χ3v) is 2.38. The Morgan fingerprint density at radius 2 is 1.75 bits per heavy atom. The highest BCUT2D eigenvalue weighted by Gasteiger charge is 1.98. The molecule has 0 spiro atoms. The second-order valence-electron chi connectivity index (χ2n) is 3.73. The van der Waals surface area contributed by atoms with Crippen LogP contribution in [0.1, 0.15) is 24.5 Å². The maximum Gasteiger partial charge on any atom is 0.284 e. The Morgan fingerprint density at radius 3 is 2.25 bits per heavy atom. The van der Waals surface area contributed by atoms with Crippen molar-refractivity contribution in [3.8, 4) is 0 Å². The van der Waals surface area contributed by atoms with Crippen molar-refractivity contribution in [2.45, 2.75) is 26.2 Å². The van der Waals surface area contributed by atoms with Gasteiger partial charge >= 0.3 is 0 Å². The average molecular weight is 219 g/mol. The summed E-state index contributed by atoms with van der Waals surface area (Å²) in [4.78, 5) is 20.7. The molecule has 16 heavy (non-hydrogen) atoms. The normalized spacial score (nSPS) is 9.81. The molecule has 1 aromatic rings. The van der Waals surface area contributed by atoms with Gasteiger partial charge in [-0.3, -0.25) is 9.59 Å². The highest BCUT2D eigenvalue weighted by molar-refractivity contribution is 6.23. The standard InChI is InChI=1S/C13H17NO2/c1-2-3-11-4-6-12(7-5-11)8-9-14-13(16)10-15/h4-7,10H,2-3,8-9H2,1H3,(H,14,16). The van der Waals surface area contributed by atoms with E-state index < -0.39 is 5.91 Å². The summed E-state index contributed by atoms with van der Waals surface area (Å²) in [5, 5.41) is 2.51. The first-order valence-corrected chi connectivity index (χ1v) is 5.57. The van der Waals surface area contributed by atoms with Crippen LogP contribution in [0.3, 0.4) is 0 Å². The Hall–Kier alpha value is -1.64. The minimum absolute atomic E-state index is 0.296. The van der Waals surface area contributed by atoms with Crippen LogP contribution in [0, 0.1) is 0 Å². The number of carbonyl (C=O) groups is 2. The second-order valence-corrected chi connectivity index (χ2v) is 3.73. The first-order valence-electron chi connectivity index (χ1n) is 5.57. The van der Waals surface area contributed by atoms with E-state index in [1.807, 2.05) is 0 Å². The zero-order valence-electron chi connectivity index (χ0n) is 9.53. The van der Waals surface area contributed by atoms with Crippen molar-refractivity contribution in [2.24, 2.45) is 0 Å². The lowest BCUT2D eigenvalue weighted by Crippen LogP contribution is -2.26. The van der Waals surface area contributed by atoms with Crippen LogP contribution in [-0.4, -0.2) is 18.7 Å². The molecule has 86 valence electrons. The highest BCUT2D eigenvalue weighted by atomic mass is 16.2. The lowest BCUT2D eigenvalue weighted by Gasteiger charge is -2.03. The molecule has 3 nitrogen and oxygen atoms in total. The molecule has 0 atom stereocenters. The molecule has 0 heterocycles. The number of hydrogen-bond acceptors (Lipinski definition) is 2. The Kier molecular flexibility index (Phi) is 5.26. The molecule has 0 radical (unpaired) electrons. The van der Waals surface area contributed by atoms with E-state index in [-0.39, 0.29) is 0 Å². The van der Waals surface area contributed by atoms with Crippen LogP contribution in [0.4, 0.5) is 0 Å². The largest absolute Gasteiger partial charge is 0.349 e. The number of benzene rings is 1. The van der Waals surface area contributed by atoms with Gasteiger partial charge in [-0.25, -0.2) is 0 Å². The molecule has 0 aliphatic rings. The van der Waals surface area contributed by atoms with Crippen LogP contribution in [0.25, 0.3) is 0 Å². The van der Waals surface area contributed by atoms with E-state index in [2.05, 4.69) is 36.5 Å². The van der Waals surface area contributed by atoms with Crippen LogP contribution in [-0.2, 0) is 22.4 Å². The van der Waals surface area contributed by atoms with Gasteiger partial charge in [0.15, 0.2) is 0 Å². The Bertz CT molecular complexity index is 343. The number of carbonyl (C=O) groups excluding carboxylic acids is 2. The monoisotopic (exact) mass is 219 g/mol. The summed E-state index contributed by atoms with van der Waals surface area (Å²) in [5.74, 6) is -0.553. The molecule has 0 aliphatic carbocycles. The number of aryl methyl sites for hydroxylation is 1. The minimum Gasteiger partial charge on any atom is -0.349 e. The van der Waals surface area contributed by atoms with Crippen molar-refractivity contribution >= 4 is 12.2 Å². The number of nitrogens with one attached hydrogen (secondary N) is 1. The maximum atomic E-state index is 10.7. The molecule has 0 unspecified atom stereocenters. The quantitative estimate of drug-likeness (QED) is 0.582. The minimum atomic E-state index is -0.553. The number of rotatable bonds is 6. The van der Waals surface area contributed by atoms with Crippen LogP contribution < -0.4 is 5.32 Å². The third-order valence-electron chi connectivity index (χ3n) is 2.38. The molecule has 1 aromatic carbocycles. The SMILES string of the molecule is CCCc1ccc(CCNC(=O)C=O)cc1. The molecule has 0 aromatic heterocycles. The summed E-state index contributed by atoms with van der Waals surface area (Å²) in [5.41, 5.74) is 2.51. The van der Waals surface area contributed by atoms with E-state index in [4.69, 9.17) is 0 Å². The molecule has 1 rings (SSSR count). The van der Waals surface area contributed by atoms with Crippen molar-refractivity contribution in [1.29, 1.82) is 0 Å². The van der Waals surface area contributed by atoms with Crippen molar-refractivity contribution in [1.82, 2.24) is 5.32 Å². The van der Waals surface area contributed by atoms with Gasteiger partial charge in [0.25, 0.3) is 5.91 Å². The zero-order valence-corrected chi connectivity index (χ0v) is 9.53. The number of aldehydes is 1. The van der Waals surface area contributed by atoms with Gasteiger partial charge in [-0.05, 0) is 24.0 Å². The Labute approximate surface area is 95.9 Å². The van der Waals surface area contributed by atoms with E-state index in [1.54, 1.807) is 0 Å². The topological polar surface area (TPSA) is 46.2 Å². The molecule has 3 heteroatoms. The van der Waals surface area contributed by atoms with Gasteiger partial charge in [-0.15, -0.1) is 0 Å². The van der Waals surface area contributed by atoms with Gasteiger partial charge in [-0.1, -0.05) is 37.6 Å². The van der Waals surface area contributed by atoms with Crippen LogP contribution in [0.5, 0.6) is 0 Å². The molecule has 0 saturated heterocycles. The van der Waals surface area contributed by atoms with Gasteiger partial charge in [0.2, 0.25) is 6.29 Å². The molecular weight excluding hydrogens is 202 g/mol. The van der Waals surface area contributed by atoms with Gasteiger partial charge in [0, 0.05) is 6.54 Å². The van der Waals surface area contributed by atoms with Crippen molar-refractivity contribution in [3.05, 3.63) is 35.4 Å². The molecule has 0 saturated carbocycles. The van der Waals surface area contributed by atoms with E-state index in [0.29, 0.717) is 12.8 Å². The summed E-state index contributed by atoms with van der Waals surface area (Å²) in [6.07, 6.45) is 3.30. The maximum absolute atomic E-state index is 10.7. The van der Waals surface area contributed by atoms with Gasteiger partial charge in [-0.2, -0.15) is 0 Å². The fourth-order valence-electron chi connectivity index (χ4n) is 1.53. The second kappa shape index (κ2) is 6.77. The van der Waals surface area contributed by atoms with Gasteiger partial charge in [0.05, 0.1) is 0 Å². The number of hydrogen-bond donors (Lipinski definition) is 1. The molecule has 1 amide bonds. The lowest BCUT2D eigenvalue weighted by atomic mass is 10.1. The Balaban J connectivity index is 2.37. The fraction of sp³-hybridized carbons (Fsp3) is 0.385. The predicted octanol–water partition coefficient (Wildman–Crippen LogP) is 1.50. The summed E-state index contributed by atoms with van der Waals surface area (Å²) in [6, 6.07) is 8.36. The van der Waals surface area contributed by atoms with Crippen LogP contribution in [0.15, 0.2) is 24.3 Å². The third kappa shape index (κ3) is 4.26. The molecule has 0 fully saturated rings. The number of amides is 1. The Morgan fingerprint density at radius 1 is 1.19 bits per heavy atom. The predicted molar refractivity (Wildman–Crippen MR) is 63.2 cm³/mol. The van der Waals surface area contributed by atoms with Crippen molar-refractivity contribution in [3.63, 3.8) is 0 Å². The highest BCUT2D eigenvalue weighted by Crippen LogP contribution is 2.06. The smallest absolute Gasteiger partial charge is 0.284 e. The van der Waals surface area contributed by atoms with Crippen molar-refractivity contribution in [2.75, 3.05) is 6.54 Å². The summed E-state index contributed by atoms with van der Waals surface area (Å²) >= 11 is 0. The summed E-state index contributed by atoms with van der Waals surface area (Å²) in [7, 11) is 0. The van der Waals surface area contributed by atoms with E-state index in [9.17, 15) is 9.59 Å². The van der Waals surface area contributed by atoms with E-state index in [1.165, 1.54) is 11.1 Å². The van der Waals surface area contributed by atoms with Crippen molar-refractivity contribution < 1.29 is 9.59 Å². The first kappa shape index (κ1) is 12.4. The van der Waals surface area contributed by atoms with Gasteiger partial charge in [0.1, 0.15) is 0 Å².